The van der Waals surface area contributed by atoms with Crippen molar-refractivity contribution >= 4 is 38.9 Å². The fourth-order valence-corrected chi connectivity index (χ4v) is 2.97. The van der Waals surface area contributed by atoms with Gasteiger partial charge in [-0.15, -0.1) is 12.4 Å². The summed E-state index contributed by atoms with van der Waals surface area (Å²) in [4.78, 5) is 1.90. The molecule has 0 aliphatic rings. The van der Waals surface area contributed by atoms with Gasteiger partial charge in [-0.3, -0.25) is 9.62 Å². The van der Waals surface area contributed by atoms with Crippen LogP contribution in [0.3, 0.4) is 0 Å². The molecule has 0 saturated carbocycles. The van der Waals surface area contributed by atoms with Crippen molar-refractivity contribution < 1.29 is 18.3 Å². The van der Waals surface area contributed by atoms with Crippen molar-refractivity contribution in [3.8, 4) is 0 Å². The number of hydrogen-bond acceptors (Lipinski definition) is 5. The molecule has 8 heteroatoms. The lowest BCUT2D eigenvalue weighted by atomic mass is 9.99. The number of sulfonamides is 1. The molecule has 6 nitrogen and oxygen atoms in total. The first-order valence-corrected chi connectivity index (χ1v) is 9.53. The Balaban J connectivity index is 0.00000312. The number of anilines is 1. The molecule has 2 aromatic carbocycles. The van der Waals surface area contributed by atoms with Gasteiger partial charge in [-0.05, 0) is 38.0 Å². The predicted molar refractivity (Wildman–Crippen MR) is 104 cm³/mol. The molecule has 0 bridgehead atoms. The molecule has 140 valence electrons. The zero-order valence-corrected chi connectivity index (χ0v) is 16.4. The first-order valence-electron chi connectivity index (χ1n) is 7.64. The molecule has 0 heterocycles. The van der Waals surface area contributed by atoms with E-state index in [0.29, 0.717) is 16.6 Å². The second kappa shape index (κ2) is 8.82. The Labute approximate surface area is 155 Å². The maximum atomic E-state index is 11.6. The number of fused-ring (bicyclic) bond motifs is 1. The Kier molecular flexibility index (Phi) is 7.64. The fourth-order valence-electron chi connectivity index (χ4n) is 2.40. The predicted octanol–water partition coefficient (Wildman–Crippen LogP) is 2.59. The van der Waals surface area contributed by atoms with Gasteiger partial charge in [-0.2, -0.15) is 0 Å². The van der Waals surface area contributed by atoms with E-state index in [4.69, 9.17) is 4.74 Å². The molecule has 0 fully saturated rings. The summed E-state index contributed by atoms with van der Waals surface area (Å²) in [6, 6.07) is 10.8. The second-order valence-electron chi connectivity index (χ2n) is 6.04. The van der Waals surface area contributed by atoms with E-state index in [1.54, 1.807) is 18.2 Å². The van der Waals surface area contributed by atoms with Crippen molar-refractivity contribution in [3.63, 3.8) is 0 Å². The standard InChI is InChI=1S/C17H24N2O4S.ClH/c1-12(19(2)3)23-11-16(20)14-9-5-7-13-8-6-10-15(17(13)14)18-24(4,21)22;/h5-10,12,16,18,20H,11H2,1-4H3;1H. The van der Waals surface area contributed by atoms with Gasteiger partial charge in [0.1, 0.15) is 12.3 Å². The van der Waals surface area contributed by atoms with E-state index >= 15 is 0 Å². The Hall–Kier alpha value is -1.38. The fraction of sp³-hybridized carbons (Fsp3) is 0.412. The Morgan fingerprint density at radius 3 is 2.36 bits per heavy atom. The van der Waals surface area contributed by atoms with Crippen molar-refractivity contribution in [2.75, 3.05) is 31.7 Å². The number of rotatable bonds is 7. The van der Waals surface area contributed by atoms with E-state index in [0.717, 1.165) is 11.6 Å². The summed E-state index contributed by atoms with van der Waals surface area (Å²) >= 11 is 0. The van der Waals surface area contributed by atoms with Crippen LogP contribution in [0, 0.1) is 0 Å². The van der Waals surface area contributed by atoms with Crippen LogP contribution in [0.1, 0.15) is 18.6 Å². The molecule has 2 rings (SSSR count). The number of halogens is 1. The maximum absolute atomic E-state index is 11.6. The van der Waals surface area contributed by atoms with Crippen LogP contribution in [0.25, 0.3) is 10.8 Å². The molecule has 25 heavy (non-hydrogen) atoms. The van der Waals surface area contributed by atoms with Gasteiger partial charge in [0.15, 0.2) is 0 Å². The highest BCUT2D eigenvalue weighted by Crippen LogP contribution is 2.31. The summed E-state index contributed by atoms with van der Waals surface area (Å²) in [5.41, 5.74) is 1.08. The molecule has 2 unspecified atom stereocenters. The van der Waals surface area contributed by atoms with Crippen molar-refractivity contribution in [2.24, 2.45) is 0 Å². The lowest BCUT2D eigenvalue weighted by molar-refractivity contribution is -0.0599. The smallest absolute Gasteiger partial charge is 0.229 e. The highest BCUT2D eigenvalue weighted by atomic mass is 35.5. The average Bonchev–Trinajstić information content (AvgIpc) is 2.50. The largest absolute Gasteiger partial charge is 0.386 e. The topological polar surface area (TPSA) is 78.9 Å². The molecule has 2 N–H and O–H groups in total. The number of hydrogen-bond donors (Lipinski definition) is 2. The lowest BCUT2D eigenvalue weighted by Crippen LogP contribution is -2.29. The summed E-state index contributed by atoms with van der Waals surface area (Å²) in [6.45, 7) is 2.01. The van der Waals surface area contributed by atoms with E-state index in [9.17, 15) is 13.5 Å². The minimum atomic E-state index is -3.42. The lowest BCUT2D eigenvalue weighted by Gasteiger charge is -2.23. The number of nitrogens with one attached hydrogen (secondary N) is 1. The van der Waals surface area contributed by atoms with E-state index in [-0.39, 0.29) is 25.2 Å². The van der Waals surface area contributed by atoms with Gasteiger partial charge in [0.25, 0.3) is 0 Å². The van der Waals surface area contributed by atoms with Crippen LogP contribution in [0.4, 0.5) is 5.69 Å². The number of benzene rings is 2. The van der Waals surface area contributed by atoms with Crippen molar-refractivity contribution in [1.82, 2.24) is 4.90 Å². The summed E-state index contributed by atoms with van der Waals surface area (Å²) in [5.74, 6) is 0. The van der Waals surface area contributed by atoms with Crippen LogP contribution in [0.5, 0.6) is 0 Å². The Morgan fingerprint density at radius 2 is 1.80 bits per heavy atom. The normalized spacial score (nSPS) is 14.2. The molecule has 2 aromatic rings. The highest BCUT2D eigenvalue weighted by molar-refractivity contribution is 7.92. The first kappa shape index (κ1) is 21.7. The second-order valence-corrected chi connectivity index (χ2v) is 7.79. The number of nitrogens with zero attached hydrogens (tertiary/aromatic N) is 1. The first-order chi connectivity index (χ1) is 11.2. The molecule has 0 radical (unpaired) electrons. The third kappa shape index (κ3) is 5.83. The van der Waals surface area contributed by atoms with E-state index in [1.165, 1.54) is 0 Å². The van der Waals surface area contributed by atoms with Crippen LogP contribution >= 0.6 is 12.4 Å². The molecule has 0 spiro atoms. The molecule has 0 aliphatic heterocycles. The van der Waals surface area contributed by atoms with E-state index in [1.807, 2.05) is 44.1 Å². The van der Waals surface area contributed by atoms with Crippen LogP contribution in [0.15, 0.2) is 36.4 Å². The van der Waals surface area contributed by atoms with Gasteiger partial charge in [0.05, 0.1) is 18.6 Å². The van der Waals surface area contributed by atoms with Crippen molar-refractivity contribution in [3.05, 3.63) is 42.0 Å². The summed E-state index contributed by atoms with van der Waals surface area (Å²) in [5, 5.41) is 12.1. The van der Waals surface area contributed by atoms with Gasteiger partial charge < -0.3 is 9.84 Å². The van der Waals surface area contributed by atoms with Crippen LogP contribution < -0.4 is 4.72 Å². The molecule has 0 amide bonds. The highest BCUT2D eigenvalue weighted by Gasteiger charge is 2.17. The summed E-state index contributed by atoms with van der Waals surface area (Å²) in [6.07, 6.45) is 0.106. The van der Waals surface area contributed by atoms with Gasteiger partial charge in [-0.25, -0.2) is 8.42 Å². The minimum Gasteiger partial charge on any atom is -0.386 e. The summed E-state index contributed by atoms with van der Waals surface area (Å²) in [7, 11) is 0.366. The van der Waals surface area contributed by atoms with Crippen LogP contribution in [-0.4, -0.2) is 51.6 Å². The van der Waals surface area contributed by atoms with Gasteiger partial charge in [0.2, 0.25) is 10.0 Å². The average molecular weight is 389 g/mol. The Morgan fingerprint density at radius 1 is 1.20 bits per heavy atom. The summed E-state index contributed by atoms with van der Waals surface area (Å²) < 4.78 is 31.4. The SMILES string of the molecule is CC(OCC(O)c1cccc2cccc(NS(C)(=O)=O)c12)N(C)C.Cl. The number of aliphatic hydroxyl groups excluding tert-OH is 1. The number of aliphatic hydroxyl groups is 1. The third-order valence-corrected chi connectivity index (χ3v) is 4.40. The quantitative estimate of drug-likeness (QED) is 0.713. The molecular formula is C17H25ClN2O4S. The van der Waals surface area contributed by atoms with Gasteiger partial charge in [-0.1, -0.05) is 30.3 Å². The molecular weight excluding hydrogens is 364 g/mol. The zero-order chi connectivity index (χ0) is 17.9. The molecule has 0 saturated heterocycles. The van der Waals surface area contributed by atoms with Crippen molar-refractivity contribution in [2.45, 2.75) is 19.3 Å². The molecule has 0 aliphatic carbocycles. The number of ether oxygens (including phenoxy) is 1. The third-order valence-electron chi connectivity index (χ3n) is 3.81. The van der Waals surface area contributed by atoms with Crippen molar-refractivity contribution in [1.29, 1.82) is 0 Å². The zero-order valence-electron chi connectivity index (χ0n) is 14.8. The Bertz CT molecular complexity index is 806. The van der Waals surface area contributed by atoms with E-state index in [2.05, 4.69) is 4.72 Å². The maximum Gasteiger partial charge on any atom is 0.229 e. The van der Waals surface area contributed by atoms with Crippen LogP contribution in [-0.2, 0) is 14.8 Å². The van der Waals surface area contributed by atoms with Gasteiger partial charge >= 0.3 is 0 Å². The monoisotopic (exact) mass is 388 g/mol. The minimum absolute atomic E-state index is 0. The molecule has 0 aromatic heterocycles. The van der Waals surface area contributed by atoms with Crippen LogP contribution in [0.2, 0.25) is 0 Å². The molecule has 2 atom stereocenters. The van der Waals surface area contributed by atoms with E-state index < -0.39 is 16.1 Å². The van der Waals surface area contributed by atoms with Gasteiger partial charge in [0, 0.05) is 5.39 Å².